The lowest BCUT2D eigenvalue weighted by Crippen LogP contribution is -2.50. The van der Waals surface area contributed by atoms with Crippen molar-refractivity contribution in [2.24, 2.45) is 5.92 Å². The summed E-state index contributed by atoms with van der Waals surface area (Å²) in [4.78, 5) is 27.2. The zero-order valence-electron chi connectivity index (χ0n) is 13.1. The number of nitrogens with two attached hydrogens (primary N) is 1. The Hall–Kier alpha value is -1.89. The zero-order chi connectivity index (χ0) is 15.5. The van der Waals surface area contributed by atoms with Gasteiger partial charge in [0.15, 0.2) is 5.82 Å². The number of likely N-dealkylation sites (N-methyl/N-ethyl adjacent to an activating group) is 1. The minimum atomic E-state index is 0.141. The van der Waals surface area contributed by atoms with Crippen LogP contribution in [0.1, 0.15) is 12.8 Å². The zero-order valence-corrected chi connectivity index (χ0v) is 13.1. The summed E-state index contributed by atoms with van der Waals surface area (Å²) in [5, 5.41) is 0. The first kappa shape index (κ1) is 15.0. The fraction of sp³-hybridized carbons (Fsp3) is 0.667. The molecule has 2 saturated heterocycles. The number of hydrogen-bond acceptors (Lipinski definition) is 6. The highest BCUT2D eigenvalue weighted by Crippen LogP contribution is 2.26. The lowest BCUT2D eigenvalue weighted by Gasteiger charge is -2.38. The third-order valence-electron chi connectivity index (χ3n) is 4.68. The highest BCUT2D eigenvalue weighted by molar-refractivity contribution is 5.79. The molecular weight excluding hydrogens is 280 g/mol. The molecule has 0 bridgehead atoms. The van der Waals surface area contributed by atoms with E-state index >= 15 is 0 Å². The van der Waals surface area contributed by atoms with Gasteiger partial charge >= 0.3 is 0 Å². The Labute approximate surface area is 131 Å². The van der Waals surface area contributed by atoms with Crippen LogP contribution in [0.3, 0.4) is 0 Å². The molecule has 2 N–H and O–H groups in total. The maximum absolute atomic E-state index is 12.6. The second-order valence-electron chi connectivity index (χ2n) is 6.19. The maximum atomic E-state index is 12.6. The molecule has 7 nitrogen and oxygen atoms in total. The Bertz CT molecular complexity index is 521. The van der Waals surface area contributed by atoms with Crippen molar-refractivity contribution in [3.63, 3.8) is 0 Å². The topological polar surface area (TPSA) is 78.6 Å². The molecule has 3 heterocycles. The summed E-state index contributed by atoms with van der Waals surface area (Å²) < 4.78 is 0. The van der Waals surface area contributed by atoms with Crippen molar-refractivity contribution in [3.8, 4) is 0 Å². The summed E-state index contributed by atoms with van der Waals surface area (Å²) in [6.45, 7) is 5.31. The number of carbonyl (C=O) groups is 1. The number of amides is 1. The summed E-state index contributed by atoms with van der Waals surface area (Å²) in [7, 11) is 2.10. The fourth-order valence-electron chi connectivity index (χ4n) is 3.22. The molecule has 7 heteroatoms. The summed E-state index contributed by atoms with van der Waals surface area (Å²) in [6.07, 6.45) is 4.89. The standard InChI is InChI=1S/C15H24N6O/c1-19-6-8-21(9-7-19)15(22)12-2-4-20(5-3-12)14-13(16)10-17-11-18-14/h10-12H,2-9,16H2,1H3. The van der Waals surface area contributed by atoms with Crippen molar-refractivity contribution in [3.05, 3.63) is 12.5 Å². The number of rotatable bonds is 2. The van der Waals surface area contributed by atoms with Crippen molar-refractivity contribution in [2.75, 3.05) is 56.9 Å². The quantitative estimate of drug-likeness (QED) is 0.832. The number of nitrogens with zero attached hydrogens (tertiary/aromatic N) is 5. The molecule has 1 aromatic heterocycles. The highest BCUT2D eigenvalue weighted by atomic mass is 16.2. The fourth-order valence-corrected chi connectivity index (χ4v) is 3.22. The first-order chi connectivity index (χ1) is 10.6. The van der Waals surface area contributed by atoms with E-state index in [1.165, 1.54) is 6.33 Å². The minimum Gasteiger partial charge on any atom is -0.394 e. The monoisotopic (exact) mass is 304 g/mol. The van der Waals surface area contributed by atoms with Gasteiger partial charge in [0.1, 0.15) is 6.33 Å². The Morgan fingerprint density at radius 3 is 2.50 bits per heavy atom. The van der Waals surface area contributed by atoms with Crippen LogP contribution in [0.4, 0.5) is 11.5 Å². The Morgan fingerprint density at radius 1 is 1.18 bits per heavy atom. The summed E-state index contributed by atoms with van der Waals surface area (Å²) in [6, 6.07) is 0. The molecule has 0 aliphatic carbocycles. The van der Waals surface area contributed by atoms with Crippen molar-refractivity contribution < 1.29 is 4.79 Å². The predicted molar refractivity (Wildman–Crippen MR) is 85.5 cm³/mol. The number of aromatic nitrogens is 2. The van der Waals surface area contributed by atoms with Crippen molar-refractivity contribution in [1.82, 2.24) is 19.8 Å². The first-order valence-electron chi connectivity index (χ1n) is 7.93. The van der Waals surface area contributed by atoms with Crippen LogP contribution >= 0.6 is 0 Å². The van der Waals surface area contributed by atoms with E-state index in [4.69, 9.17) is 5.73 Å². The van der Waals surface area contributed by atoms with Gasteiger partial charge in [-0.05, 0) is 19.9 Å². The van der Waals surface area contributed by atoms with Crippen molar-refractivity contribution >= 4 is 17.4 Å². The molecule has 0 spiro atoms. The molecular formula is C15H24N6O. The third-order valence-corrected chi connectivity index (χ3v) is 4.68. The maximum Gasteiger partial charge on any atom is 0.225 e. The van der Waals surface area contributed by atoms with Crippen molar-refractivity contribution in [2.45, 2.75) is 12.8 Å². The van der Waals surface area contributed by atoms with Gasteiger partial charge in [-0.25, -0.2) is 9.97 Å². The van der Waals surface area contributed by atoms with E-state index in [-0.39, 0.29) is 5.92 Å². The number of anilines is 2. The third kappa shape index (κ3) is 3.14. The molecule has 22 heavy (non-hydrogen) atoms. The molecule has 0 saturated carbocycles. The Balaban J connectivity index is 1.55. The number of piperazine rings is 1. The molecule has 0 aromatic carbocycles. The largest absolute Gasteiger partial charge is 0.394 e. The van der Waals surface area contributed by atoms with Gasteiger partial charge in [0.2, 0.25) is 5.91 Å². The van der Waals surface area contributed by atoms with Crippen LogP contribution in [0.25, 0.3) is 0 Å². The molecule has 120 valence electrons. The van der Waals surface area contributed by atoms with Gasteiger partial charge in [-0.1, -0.05) is 0 Å². The molecule has 2 aliphatic heterocycles. The Morgan fingerprint density at radius 2 is 1.86 bits per heavy atom. The smallest absolute Gasteiger partial charge is 0.225 e. The Kier molecular flexibility index (Phi) is 4.42. The lowest BCUT2D eigenvalue weighted by atomic mass is 9.95. The molecule has 0 atom stereocenters. The average Bonchev–Trinajstić information content (AvgIpc) is 2.56. The summed E-state index contributed by atoms with van der Waals surface area (Å²) >= 11 is 0. The normalized spacial score (nSPS) is 21.1. The van der Waals surface area contributed by atoms with E-state index in [1.807, 2.05) is 4.90 Å². The van der Waals surface area contributed by atoms with E-state index in [2.05, 4.69) is 26.8 Å². The SMILES string of the molecule is CN1CCN(C(=O)C2CCN(c3ncncc3N)CC2)CC1. The van der Waals surface area contributed by atoms with E-state index < -0.39 is 0 Å². The van der Waals surface area contributed by atoms with Gasteiger partial charge in [-0.2, -0.15) is 0 Å². The van der Waals surface area contributed by atoms with Crippen LogP contribution in [0.15, 0.2) is 12.5 Å². The number of nitrogen functional groups attached to an aromatic ring is 1. The molecule has 1 amide bonds. The van der Waals surface area contributed by atoms with Gasteiger partial charge in [-0.3, -0.25) is 4.79 Å². The van der Waals surface area contributed by atoms with Gasteiger partial charge in [0.05, 0.1) is 11.9 Å². The van der Waals surface area contributed by atoms with Crippen LogP contribution in [-0.4, -0.2) is 72.0 Å². The van der Waals surface area contributed by atoms with Gasteiger partial charge in [-0.15, -0.1) is 0 Å². The van der Waals surface area contributed by atoms with E-state index in [1.54, 1.807) is 6.20 Å². The predicted octanol–water partition coefficient (Wildman–Crippen LogP) is 0.0492. The van der Waals surface area contributed by atoms with Crippen LogP contribution in [-0.2, 0) is 4.79 Å². The van der Waals surface area contributed by atoms with E-state index in [0.29, 0.717) is 11.6 Å². The second kappa shape index (κ2) is 6.48. The van der Waals surface area contributed by atoms with Gasteiger partial charge in [0, 0.05) is 45.2 Å². The number of carbonyl (C=O) groups excluding carboxylic acids is 1. The van der Waals surface area contributed by atoms with Crippen LogP contribution in [0.5, 0.6) is 0 Å². The molecule has 3 rings (SSSR count). The molecule has 0 unspecified atom stereocenters. The van der Waals surface area contributed by atoms with Crippen LogP contribution in [0.2, 0.25) is 0 Å². The summed E-state index contributed by atoms with van der Waals surface area (Å²) in [5.41, 5.74) is 6.53. The first-order valence-corrected chi connectivity index (χ1v) is 7.93. The highest BCUT2D eigenvalue weighted by Gasteiger charge is 2.30. The van der Waals surface area contributed by atoms with E-state index in [0.717, 1.165) is 57.9 Å². The summed E-state index contributed by atoms with van der Waals surface area (Å²) in [5.74, 6) is 1.26. The second-order valence-corrected chi connectivity index (χ2v) is 6.19. The van der Waals surface area contributed by atoms with Crippen LogP contribution < -0.4 is 10.6 Å². The molecule has 1 aromatic rings. The van der Waals surface area contributed by atoms with Crippen LogP contribution in [0, 0.1) is 5.92 Å². The van der Waals surface area contributed by atoms with E-state index in [9.17, 15) is 4.79 Å². The molecule has 0 radical (unpaired) electrons. The van der Waals surface area contributed by atoms with Crippen molar-refractivity contribution in [1.29, 1.82) is 0 Å². The van der Waals surface area contributed by atoms with Gasteiger partial charge < -0.3 is 20.4 Å². The lowest BCUT2D eigenvalue weighted by molar-refractivity contribution is -0.137. The number of hydrogen-bond donors (Lipinski definition) is 1. The molecule has 2 fully saturated rings. The minimum absolute atomic E-state index is 0.141. The molecule has 2 aliphatic rings. The average molecular weight is 304 g/mol. The number of piperidine rings is 1. The van der Waals surface area contributed by atoms with Gasteiger partial charge in [0.25, 0.3) is 0 Å².